The molecule has 4 heteroatoms. The van der Waals surface area contributed by atoms with Gasteiger partial charge in [0.15, 0.2) is 0 Å². The van der Waals surface area contributed by atoms with Crippen LogP contribution in [0.15, 0.2) is 30.3 Å². The molecule has 21 heavy (non-hydrogen) atoms. The third kappa shape index (κ3) is 5.48. The molecule has 0 aliphatic heterocycles. The molecule has 1 aliphatic rings. The van der Waals surface area contributed by atoms with Crippen molar-refractivity contribution in [3.63, 3.8) is 0 Å². The van der Waals surface area contributed by atoms with Crippen LogP contribution in [0.4, 0.5) is 5.69 Å². The molecule has 1 fully saturated rings. The van der Waals surface area contributed by atoms with Crippen LogP contribution in [-0.2, 0) is 4.79 Å². The SMILES string of the molecule is CN(CCC(=O)Nc1ccccc1)CC1CCCCC1O. The predicted octanol–water partition coefficient (Wildman–Crippen LogP) is 2.50. The number of hydrogen-bond donors (Lipinski definition) is 2. The third-order valence-corrected chi connectivity index (χ3v) is 4.19. The van der Waals surface area contributed by atoms with Crippen molar-refractivity contribution in [2.24, 2.45) is 5.92 Å². The lowest BCUT2D eigenvalue weighted by Gasteiger charge is -2.31. The van der Waals surface area contributed by atoms with Crippen LogP contribution >= 0.6 is 0 Å². The molecular formula is C17H26N2O2. The zero-order valence-electron chi connectivity index (χ0n) is 12.8. The Balaban J connectivity index is 1.68. The molecule has 0 radical (unpaired) electrons. The van der Waals surface area contributed by atoms with Crippen LogP contribution in [0.25, 0.3) is 0 Å². The Morgan fingerprint density at radius 3 is 2.71 bits per heavy atom. The highest BCUT2D eigenvalue weighted by Crippen LogP contribution is 2.24. The highest BCUT2D eigenvalue weighted by atomic mass is 16.3. The number of anilines is 1. The Bertz CT molecular complexity index is 436. The zero-order chi connectivity index (χ0) is 15.1. The van der Waals surface area contributed by atoms with E-state index in [0.717, 1.165) is 38.0 Å². The van der Waals surface area contributed by atoms with E-state index in [0.29, 0.717) is 12.3 Å². The zero-order valence-corrected chi connectivity index (χ0v) is 12.8. The van der Waals surface area contributed by atoms with Gasteiger partial charge in [-0.2, -0.15) is 0 Å². The first-order valence-corrected chi connectivity index (χ1v) is 7.86. The van der Waals surface area contributed by atoms with Crippen LogP contribution in [-0.4, -0.2) is 42.2 Å². The molecule has 116 valence electrons. The van der Waals surface area contributed by atoms with Crippen molar-refractivity contribution in [2.75, 3.05) is 25.5 Å². The van der Waals surface area contributed by atoms with E-state index in [-0.39, 0.29) is 12.0 Å². The Morgan fingerprint density at radius 1 is 1.29 bits per heavy atom. The monoisotopic (exact) mass is 290 g/mol. The minimum Gasteiger partial charge on any atom is -0.393 e. The second-order valence-corrected chi connectivity index (χ2v) is 6.04. The second-order valence-electron chi connectivity index (χ2n) is 6.04. The van der Waals surface area contributed by atoms with Gasteiger partial charge in [-0.25, -0.2) is 0 Å². The van der Waals surface area contributed by atoms with E-state index in [4.69, 9.17) is 0 Å². The quantitative estimate of drug-likeness (QED) is 0.846. The number of benzene rings is 1. The van der Waals surface area contributed by atoms with Crippen LogP contribution in [0.1, 0.15) is 32.1 Å². The number of carbonyl (C=O) groups is 1. The van der Waals surface area contributed by atoms with E-state index in [1.165, 1.54) is 6.42 Å². The number of para-hydroxylation sites is 1. The molecule has 1 aliphatic carbocycles. The molecule has 2 N–H and O–H groups in total. The molecule has 0 aromatic heterocycles. The number of rotatable bonds is 6. The van der Waals surface area contributed by atoms with Crippen LogP contribution < -0.4 is 5.32 Å². The lowest BCUT2D eigenvalue weighted by molar-refractivity contribution is -0.116. The van der Waals surface area contributed by atoms with Crippen molar-refractivity contribution in [3.8, 4) is 0 Å². The van der Waals surface area contributed by atoms with Crippen molar-refractivity contribution in [3.05, 3.63) is 30.3 Å². The summed E-state index contributed by atoms with van der Waals surface area (Å²) in [5.74, 6) is 0.401. The topological polar surface area (TPSA) is 52.6 Å². The molecule has 1 aromatic rings. The molecule has 2 unspecified atom stereocenters. The maximum absolute atomic E-state index is 11.9. The first-order valence-electron chi connectivity index (χ1n) is 7.86. The van der Waals surface area contributed by atoms with Crippen LogP contribution in [0.3, 0.4) is 0 Å². The minimum absolute atomic E-state index is 0.0391. The van der Waals surface area contributed by atoms with Gasteiger partial charge in [-0.05, 0) is 37.9 Å². The van der Waals surface area contributed by atoms with E-state index in [1.54, 1.807) is 0 Å². The molecule has 1 saturated carbocycles. The van der Waals surface area contributed by atoms with Crippen molar-refractivity contribution in [1.29, 1.82) is 0 Å². The van der Waals surface area contributed by atoms with E-state index in [1.807, 2.05) is 37.4 Å². The van der Waals surface area contributed by atoms with Crippen molar-refractivity contribution in [2.45, 2.75) is 38.2 Å². The summed E-state index contributed by atoms with van der Waals surface area (Å²) in [5, 5.41) is 12.9. The molecule has 2 rings (SSSR count). The van der Waals surface area contributed by atoms with Gasteiger partial charge in [0.25, 0.3) is 0 Å². The Morgan fingerprint density at radius 2 is 2.00 bits per heavy atom. The largest absolute Gasteiger partial charge is 0.393 e. The maximum Gasteiger partial charge on any atom is 0.225 e. The number of nitrogens with zero attached hydrogens (tertiary/aromatic N) is 1. The van der Waals surface area contributed by atoms with E-state index in [9.17, 15) is 9.90 Å². The number of nitrogens with one attached hydrogen (secondary N) is 1. The van der Waals surface area contributed by atoms with Gasteiger partial charge in [0.2, 0.25) is 5.91 Å². The fraction of sp³-hybridized carbons (Fsp3) is 0.588. The van der Waals surface area contributed by atoms with Gasteiger partial charge in [-0.1, -0.05) is 31.0 Å². The number of aliphatic hydroxyl groups excluding tert-OH is 1. The van der Waals surface area contributed by atoms with Crippen LogP contribution in [0.5, 0.6) is 0 Å². The molecule has 2 atom stereocenters. The molecule has 1 amide bonds. The number of carbonyl (C=O) groups excluding carboxylic acids is 1. The molecule has 0 heterocycles. The fourth-order valence-electron chi connectivity index (χ4n) is 2.93. The maximum atomic E-state index is 11.9. The Labute approximate surface area is 127 Å². The summed E-state index contributed by atoms with van der Waals surface area (Å²) in [7, 11) is 2.02. The summed E-state index contributed by atoms with van der Waals surface area (Å²) >= 11 is 0. The first-order chi connectivity index (χ1) is 10.1. The summed E-state index contributed by atoms with van der Waals surface area (Å²) in [4.78, 5) is 14.0. The predicted molar refractivity (Wildman–Crippen MR) is 85.2 cm³/mol. The summed E-state index contributed by atoms with van der Waals surface area (Å²) in [6.07, 6.45) is 4.69. The van der Waals surface area contributed by atoms with Crippen molar-refractivity contribution in [1.82, 2.24) is 4.90 Å². The van der Waals surface area contributed by atoms with Gasteiger partial charge in [0.1, 0.15) is 0 Å². The number of aliphatic hydroxyl groups is 1. The highest BCUT2D eigenvalue weighted by Gasteiger charge is 2.24. The van der Waals surface area contributed by atoms with Crippen molar-refractivity contribution >= 4 is 11.6 Å². The Hall–Kier alpha value is -1.39. The van der Waals surface area contributed by atoms with Crippen molar-refractivity contribution < 1.29 is 9.90 Å². The normalized spacial score (nSPS) is 22.2. The number of hydrogen-bond acceptors (Lipinski definition) is 3. The summed E-state index contributed by atoms with van der Waals surface area (Å²) < 4.78 is 0. The summed E-state index contributed by atoms with van der Waals surface area (Å²) in [6, 6.07) is 9.53. The average Bonchev–Trinajstić information content (AvgIpc) is 2.49. The smallest absolute Gasteiger partial charge is 0.225 e. The van der Waals surface area contributed by atoms with Gasteiger partial charge in [0.05, 0.1) is 6.10 Å². The molecule has 0 saturated heterocycles. The molecule has 4 nitrogen and oxygen atoms in total. The van der Waals surface area contributed by atoms with Gasteiger partial charge in [-0.3, -0.25) is 4.79 Å². The Kier molecular flexibility index (Phi) is 6.21. The standard InChI is InChI=1S/C17H26N2O2/c1-19(13-14-7-5-6-10-16(14)20)12-11-17(21)18-15-8-3-2-4-9-15/h2-4,8-9,14,16,20H,5-7,10-13H2,1H3,(H,18,21). The molecule has 0 spiro atoms. The first kappa shape index (κ1) is 16.0. The van der Waals surface area contributed by atoms with Gasteiger partial charge in [-0.15, -0.1) is 0 Å². The lowest BCUT2D eigenvalue weighted by atomic mass is 9.86. The molecule has 0 bridgehead atoms. The third-order valence-electron chi connectivity index (χ3n) is 4.19. The number of amides is 1. The van der Waals surface area contributed by atoms with E-state index in [2.05, 4.69) is 10.2 Å². The fourth-order valence-corrected chi connectivity index (χ4v) is 2.93. The van der Waals surface area contributed by atoms with Gasteiger partial charge < -0.3 is 15.3 Å². The van der Waals surface area contributed by atoms with E-state index < -0.39 is 0 Å². The molecular weight excluding hydrogens is 264 g/mol. The van der Waals surface area contributed by atoms with Gasteiger partial charge >= 0.3 is 0 Å². The average molecular weight is 290 g/mol. The van der Waals surface area contributed by atoms with Crippen LogP contribution in [0, 0.1) is 5.92 Å². The summed E-state index contributed by atoms with van der Waals surface area (Å²) in [6.45, 7) is 1.60. The van der Waals surface area contributed by atoms with E-state index >= 15 is 0 Å². The van der Waals surface area contributed by atoms with Crippen LogP contribution in [0.2, 0.25) is 0 Å². The minimum atomic E-state index is -0.167. The summed E-state index contributed by atoms with van der Waals surface area (Å²) in [5.41, 5.74) is 0.841. The van der Waals surface area contributed by atoms with Gasteiger partial charge in [0, 0.05) is 25.2 Å². The molecule has 1 aromatic carbocycles. The lowest BCUT2D eigenvalue weighted by Crippen LogP contribution is -2.36. The second kappa shape index (κ2) is 8.15. The highest BCUT2D eigenvalue weighted by molar-refractivity contribution is 5.90.